The number of urea groups is 1. The Hall–Kier alpha value is -3.55. The molecule has 0 unspecified atom stereocenters. The average molecular weight is 506 g/mol. The van der Waals surface area contributed by atoms with Crippen molar-refractivity contribution < 1.29 is 31.5 Å². The Morgan fingerprint density at radius 2 is 1.97 bits per heavy atom. The monoisotopic (exact) mass is 505 g/mol. The number of ether oxygens (including phenoxy) is 1. The van der Waals surface area contributed by atoms with E-state index in [0.717, 1.165) is 4.68 Å². The second kappa shape index (κ2) is 10.2. The number of pyridine rings is 1. The molecule has 0 aliphatic carbocycles. The molecule has 15 heteroatoms. The first-order valence-corrected chi connectivity index (χ1v) is 9.88. The molecule has 3 rings (SSSR count). The summed E-state index contributed by atoms with van der Waals surface area (Å²) < 4.78 is 70.1. The highest BCUT2D eigenvalue weighted by Gasteiger charge is 2.38. The maximum Gasteiger partial charge on any atom is 0.435 e. The molecule has 34 heavy (non-hydrogen) atoms. The second-order valence-electron chi connectivity index (χ2n) is 6.96. The van der Waals surface area contributed by atoms with Crippen molar-refractivity contribution in [2.24, 2.45) is 7.05 Å². The van der Waals surface area contributed by atoms with Gasteiger partial charge in [-0.05, 0) is 24.6 Å². The molecule has 3 aromatic heterocycles. The van der Waals surface area contributed by atoms with Crippen molar-refractivity contribution in [1.82, 2.24) is 30.3 Å². The molecular formula is C19H17ClF5N7O2. The van der Waals surface area contributed by atoms with E-state index >= 15 is 0 Å². The molecule has 0 radical (unpaired) electrons. The third-order valence-corrected chi connectivity index (χ3v) is 4.40. The predicted molar refractivity (Wildman–Crippen MR) is 111 cm³/mol. The van der Waals surface area contributed by atoms with Crippen LogP contribution in [0.15, 0.2) is 24.4 Å². The Bertz CT molecular complexity index is 1190. The minimum Gasteiger partial charge on any atom is -0.471 e. The summed E-state index contributed by atoms with van der Waals surface area (Å²) in [4.78, 5) is 15.9. The molecule has 0 bridgehead atoms. The molecule has 182 valence electrons. The minimum atomic E-state index is -4.66. The van der Waals surface area contributed by atoms with Crippen molar-refractivity contribution in [3.63, 3.8) is 0 Å². The largest absolute Gasteiger partial charge is 0.471 e. The Kier molecular flexibility index (Phi) is 7.49. The van der Waals surface area contributed by atoms with Crippen LogP contribution >= 0.6 is 11.6 Å². The van der Waals surface area contributed by atoms with Crippen LogP contribution in [-0.4, -0.2) is 44.0 Å². The lowest BCUT2D eigenvalue weighted by Crippen LogP contribution is -2.28. The number of alkyl halides is 5. The van der Waals surface area contributed by atoms with E-state index in [1.165, 1.54) is 31.4 Å². The molecule has 3 heterocycles. The number of amides is 2. The minimum absolute atomic E-state index is 0.0105. The first-order valence-electron chi connectivity index (χ1n) is 9.50. The summed E-state index contributed by atoms with van der Waals surface area (Å²) in [5, 5.41) is 16.0. The van der Waals surface area contributed by atoms with E-state index in [2.05, 4.69) is 30.9 Å². The second-order valence-corrected chi connectivity index (χ2v) is 7.34. The highest BCUT2D eigenvalue weighted by Crippen LogP contribution is 2.36. The molecule has 0 aliphatic rings. The Balaban J connectivity index is 1.66. The normalized spacial score (nSPS) is 11.6. The van der Waals surface area contributed by atoms with Crippen molar-refractivity contribution >= 4 is 23.3 Å². The Morgan fingerprint density at radius 3 is 2.62 bits per heavy atom. The maximum absolute atomic E-state index is 13.2. The van der Waals surface area contributed by atoms with Gasteiger partial charge in [0.25, 0.3) is 6.43 Å². The fraction of sp³-hybridized carbons (Fsp3) is 0.316. The third kappa shape index (κ3) is 6.50. The summed E-state index contributed by atoms with van der Waals surface area (Å²) >= 11 is 5.80. The molecular weight excluding hydrogens is 489 g/mol. The fourth-order valence-corrected chi connectivity index (χ4v) is 3.08. The van der Waals surface area contributed by atoms with Crippen molar-refractivity contribution in [2.45, 2.75) is 26.1 Å². The van der Waals surface area contributed by atoms with Gasteiger partial charge in [-0.25, -0.2) is 18.6 Å². The van der Waals surface area contributed by atoms with E-state index in [0.29, 0.717) is 5.56 Å². The van der Waals surface area contributed by atoms with E-state index in [1.54, 1.807) is 6.92 Å². The molecule has 0 atom stereocenters. The number of aromatic nitrogens is 5. The van der Waals surface area contributed by atoms with E-state index in [1.807, 2.05) is 0 Å². The smallest absolute Gasteiger partial charge is 0.435 e. The van der Waals surface area contributed by atoms with Gasteiger partial charge in [-0.3, -0.25) is 4.68 Å². The average Bonchev–Trinajstić information content (AvgIpc) is 3.12. The number of aryl methyl sites for hydroxylation is 2. The van der Waals surface area contributed by atoms with Crippen molar-refractivity contribution in [3.05, 3.63) is 46.5 Å². The van der Waals surface area contributed by atoms with Gasteiger partial charge >= 0.3 is 12.2 Å². The summed E-state index contributed by atoms with van der Waals surface area (Å²) in [6, 6.07) is 3.27. The summed E-state index contributed by atoms with van der Waals surface area (Å²) in [5.41, 5.74) is -0.468. The van der Waals surface area contributed by atoms with Crippen LogP contribution in [0.2, 0.25) is 5.15 Å². The molecule has 0 saturated heterocycles. The zero-order chi connectivity index (χ0) is 25.0. The van der Waals surface area contributed by atoms with Crippen LogP contribution in [0.1, 0.15) is 17.0 Å². The molecule has 0 aromatic carbocycles. The fourth-order valence-electron chi connectivity index (χ4n) is 2.88. The topological polar surface area (TPSA) is 107 Å². The van der Waals surface area contributed by atoms with Crippen molar-refractivity contribution in [3.8, 4) is 17.1 Å². The molecule has 9 nitrogen and oxygen atoms in total. The summed E-state index contributed by atoms with van der Waals surface area (Å²) in [7, 11) is 1.36. The van der Waals surface area contributed by atoms with E-state index in [4.69, 9.17) is 16.3 Å². The number of hydrogen-bond donors (Lipinski definition) is 2. The number of hydrogen-bond acceptors (Lipinski definition) is 6. The van der Waals surface area contributed by atoms with Gasteiger partial charge < -0.3 is 15.4 Å². The van der Waals surface area contributed by atoms with Crippen molar-refractivity contribution in [1.29, 1.82) is 0 Å². The van der Waals surface area contributed by atoms with Gasteiger partial charge in [-0.15, -0.1) is 5.10 Å². The SMILES string of the molecule is Cc1cc(CNC(=O)Nc2cc(Cl)nc(OCC(F)F)c2)nnc1-c1cn(C)nc1C(F)(F)F. The number of halogens is 6. The van der Waals surface area contributed by atoms with Crippen LogP contribution in [-0.2, 0) is 19.8 Å². The Labute approximate surface area is 194 Å². The van der Waals surface area contributed by atoms with Gasteiger partial charge in [0.05, 0.1) is 29.2 Å². The summed E-state index contributed by atoms with van der Waals surface area (Å²) in [5.74, 6) is -0.200. The van der Waals surface area contributed by atoms with Crippen LogP contribution in [0.5, 0.6) is 5.88 Å². The zero-order valence-corrected chi connectivity index (χ0v) is 18.4. The number of anilines is 1. The zero-order valence-electron chi connectivity index (χ0n) is 17.6. The predicted octanol–water partition coefficient (Wildman–Crippen LogP) is 4.22. The van der Waals surface area contributed by atoms with E-state index in [-0.39, 0.29) is 40.2 Å². The van der Waals surface area contributed by atoms with Crippen LogP contribution in [0.3, 0.4) is 0 Å². The number of carbonyl (C=O) groups excluding carboxylic acids is 1. The van der Waals surface area contributed by atoms with Gasteiger partial charge in [0.2, 0.25) is 5.88 Å². The van der Waals surface area contributed by atoms with Crippen LogP contribution < -0.4 is 15.4 Å². The number of nitrogens with one attached hydrogen (secondary N) is 2. The molecule has 2 amide bonds. The van der Waals surface area contributed by atoms with Crippen LogP contribution in [0.4, 0.5) is 32.4 Å². The molecule has 0 spiro atoms. The third-order valence-electron chi connectivity index (χ3n) is 4.20. The van der Waals surface area contributed by atoms with E-state index < -0.39 is 30.9 Å². The quantitative estimate of drug-likeness (QED) is 0.368. The van der Waals surface area contributed by atoms with Gasteiger partial charge in [0.1, 0.15) is 5.15 Å². The summed E-state index contributed by atoms with van der Waals surface area (Å²) in [6.45, 7) is 0.559. The Morgan fingerprint density at radius 1 is 1.24 bits per heavy atom. The lowest BCUT2D eigenvalue weighted by Gasteiger charge is -2.11. The lowest BCUT2D eigenvalue weighted by molar-refractivity contribution is -0.141. The van der Waals surface area contributed by atoms with Gasteiger partial charge in [-0.1, -0.05) is 11.6 Å². The number of nitrogens with zero attached hydrogens (tertiary/aromatic N) is 5. The number of rotatable bonds is 7. The summed E-state index contributed by atoms with van der Waals surface area (Å²) in [6.07, 6.45) is -6.18. The van der Waals surface area contributed by atoms with Crippen LogP contribution in [0.25, 0.3) is 11.3 Å². The first kappa shape index (κ1) is 25.1. The maximum atomic E-state index is 13.2. The number of carbonyl (C=O) groups is 1. The van der Waals surface area contributed by atoms with Gasteiger partial charge in [0.15, 0.2) is 12.3 Å². The highest BCUT2D eigenvalue weighted by atomic mass is 35.5. The molecule has 0 saturated carbocycles. The molecule has 2 N–H and O–H groups in total. The highest BCUT2D eigenvalue weighted by molar-refractivity contribution is 6.29. The molecule has 0 aliphatic heterocycles. The molecule has 0 fully saturated rings. The van der Waals surface area contributed by atoms with Gasteiger partial charge in [-0.2, -0.15) is 23.4 Å². The lowest BCUT2D eigenvalue weighted by atomic mass is 10.1. The van der Waals surface area contributed by atoms with E-state index in [9.17, 15) is 26.7 Å². The first-order chi connectivity index (χ1) is 15.9. The molecule has 3 aromatic rings. The van der Waals surface area contributed by atoms with Crippen LogP contribution in [0, 0.1) is 6.92 Å². The van der Waals surface area contributed by atoms with Crippen molar-refractivity contribution in [2.75, 3.05) is 11.9 Å². The van der Waals surface area contributed by atoms with Gasteiger partial charge in [0, 0.05) is 19.3 Å². The standard InChI is InChI=1S/C19H17ClF5N7O2/c1-9-3-11(29-30-16(9)12-7-32(2)31-17(12)19(23,24)25)6-26-18(33)27-10-4-13(20)28-15(5-10)34-8-14(21)22/h3-5,7,14H,6,8H2,1-2H3,(H2,26,27,28,33).